The lowest BCUT2D eigenvalue weighted by molar-refractivity contribution is 0.0708. The average molecular weight is 419 g/mol. The Kier molecular flexibility index (Phi) is 21.7. The molecule has 170 valence electrons. The molecule has 0 aromatic rings. The Morgan fingerprint density at radius 1 is 0.500 bits per heavy atom. The molecule has 0 saturated carbocycles. The van der Waals surface area contributed by atoms with Crippen LogP contribution in [0.1, 0.15) is 91.9 Å². The predicted molar refractivity (Wildman–Crippen MR) is 123 cm³/mol. The molecule has 0 aliphatic heterocycles. The van der Waals surface area contributed by atoms with Crippen LogP contribution in [0.2, 0.25) is 6.04 Å². The van der Waals surface area contributed by atoms with Crippen LogP contribution in [0.3, 0.4) is 0 Å². The fourth-order valence-corrected chi connectivity index (χ4v) is 6.03. The molecular weight excluding hydrogens is 368 g/mol. The smallest absolute Gasteiger partial charge is 0.374 e. The van der Waals surface area contributed by atoms with Crippen molar-refractivity contribution in [3.05, 3.63) is 0 Å². The fourth-order valence-electron chi connectivity index (χ4n) is 3.42. The summed E-state index contributed by atoms with van der Waals surface area (Å²) in [6.45, 7) is 14.5. The van der Waals surface area contributed by atoms with E-state index < -0.39 is 8.80 Å². The second-order valence-electron chi connectivity index (χ2n) is 7.41. The van der Waals surface area contributed by atoms with E-state index in [4.69, 9.17) is 13.3 Å². The Morgan fingerprint density at radius 2 is 0.929 bits per heavy atom. The SMILES string of the molecule is CCCCCCCCCCCNCCNCCC[Si](OCC)(OCC)OCC. The van der Waals surface area contributed by atoms with Crippen LogP contribution < -0.4 is 10.6 Å². The summed E-state index contributed by atoms with van der Waals surface area (Å²) in [6.07, 6.45) is 13.6. The molecule has 0 bridgehead atoms. The summed E-state index contributed by atoms with van der Waals surface area (Å²) in [6, 6.07) is 0.890. The Bertz CT molecular complexity index is 292. The van der Waals surface area contributed by atoms with Crippen molar-refractivity contribution in [2.24, 2.45) is 0 Å². The quantitative estimate of drug-likeness (QED) is 0.178. The van der Waals surface area contributed by atoms with Gasteiger partial charge in [0.05, 0.1) is 0 Å². The molecule has 0 heterocycles. The molecule has 0 saturated heterocycles. The monoisotopic (exact) mass is 418 g/mol. The summed E-state index contributed by atoms with van der Waals surface area (Å²) in [5.41, 5.74) is 0. The van der Waals surface area contributed by atoms with Crippen molar-refractivity contribution in [3.8, 4) is 0 Å². The van der Waals surface area contributed by atoms with Gasteiger partial charge in [-0.1, -0.05) is 58.3 Å². The summed E-state index contributed by atoms with van der Waals surface area (Å²) in [5, 5.41) is 7.06. The maximum Gasteiger partial charge on any atom is 0.500 e. The Balaban J connectivity index is 3.46. The van der Waals surface area contributed by atoms with Crippen molar-refractivity contribution in [2.45, 2.75) is 97.9 Å². The molecule has 28 heavy (non-hydrogen) atoms. The molecule has 6 heteroatoms. The van der Waals surface area contributed by atoms with E-state index >= 15 is 0 Å². The van der Waals surface area contributed by atoms with E-state index in [-0.39, 0.29) is 0 Å². The van der Waals surface area contributed by atoms with Gasteiger partial charge >= 0.3 is 8.80 Å². The largest absolute Gasteiger partial charge is 0.500 e. The van der Waals surface area contributed by atoms with Crippen LogP contribution >= 0.6 is 0 Å². The van der Waals surface area contributed by atoms with Crippen LogP contribution in [-0.2, 0) is 13.3 Å². The third-order valence-electron chi connectivity index (χ3n) is 4.86. The lowest BCUT2D eigenvalue weighted by atomic mass is 10.1. The Morgan fingerprint density at radius 3 is 1.39 bits per heavy atom. The van der Waals surface area contributed by atoms with E-state index in [1.165, 1.54) is 57.8 Å². The van der Waals surface area contributed by atoms with Crippen LogP contribution in [0.15, 0.2) is 0 Å². The minimum atomic E-state index is -2.46. The van der Waals surface area contributed by atoms with Crippen molar-refractivity contribution >= 4 is 8.80 Å². The van der Waals surface area contributed by atoms with Crippen LogP contribution in [0.25, 0.3) is 0 Å². The number of unbranched alkanes of at least 4 members (excludes halogenated alkanes) is 8. The zero-order valence-electron chi connectivity index (χ0n) is 19.5. The second-order valence-corrected chi connectivity index (χ2v) is 10.1. The lowest BCUT2D eigenvalue weighted by Crippen LogP contribution is -2.46. The highest BCUT2D eigenvalue weighted by atomic mass is 28.4. The molecule has 0 fully saturated rings. The molecule has 0 rings (SSSR count). The van der Waals surface area contributed by atoms with E-state index in [0.29, 0.717) is 19.8 Å². The van der Waals surface area contributed by atoms with Crippen LogP contribution in [-0.4, -0.2) is 54.8 Å². The van der Waals surface area contributed by atoms with Gasteiger partial charge in [0, 0.05) is 39.0 Å². The molecule has 0 amide bonds. The van der Waals surface area contributed by atoms with Crippen LogP contribution in [0, 0.1) is 0 Å². The average Bonchev–Trinajstić information content (AvgIpc) is 2.68. The molecule has 0 unspecified atom stereocenters. The first-order chi connectivity index (χ1) is 13.7. The van der Waals surface area contributed by atoms with Gasteiger partial charge < -0.3 is 23.9 Å². The standard InChI is InChI=1S/C22H50N2O3Si/c1-5-9-10-11-12-13-14-15-16-18-23-20-21-24-19-17-22-28(25-6-2,26-7-3)27-8-4/h23-24H,5-22H2,1-4H3. The van der Waals surface area contributed by atoms with Gasteiger partial charge in [-0.15, -0.1) is 0 Å². The minimum Gasteiger partial charge on any atom is -0.374 e. The first-order valence-electron chi connectivity index (χ1n) is 12.1. The van der Waals surface area contributed by atoms with Gasteiger partial charge in [0.15, 0.2) is 0 Å². The summed E-state index contributed by atoms with van der Waals surface area (Å²) < 4.78 is 17.7. The fraction of sp³-hybridized carbons (Fsp3) is 1.00. The van der Waals surface area contributed by atoms with Gasteiger partial charge in [0.1, 0.15) is 0 Å². The number of rotatable bonds is 23. The van der Waals surface area contributed by atoms with E-state index in [0.717, 1.165) is 38.6 Å². The highest BCUT2D eigenvalue weighted by Gasteiger charge is 2.39. The van der Waals surface area contributed by atoms with Gasteiger partial charge in [-0.3, -0.25) is 0 Å². The molecule has 0 radical (unpaired) electrons. The van der Waals surface area contributed by atoms with Gasteiger partial charge in [0.2, 0.25) is 0 Å². The first kappa shape index (κ1) is 28.0. The summed E-state index contributed by atoms with van der Waals surface area (Å²) in [5.74, 6) is 0. The number of nitrogens with one attached hydrogen (secondary N) is 2. The van der Waals surface area contributed by atoms with Crippen molar-refractivity contribution in [3.63, 3.8) is 0 Å². The van der Waals surface area contributed by atoms with E-state index in [2.05, 4.69) is 17.6 Å². The van der Waals surface area contributed by atoms with Crippen molar-refractivity contribution in [1.82, 2.24) is 10.6 Å². The molecule has 0 atom stereocenters. The molecule has 0 aromatic carbocycles. The molecule has 5 nitrogen and oxygen atoms in total. The number of hydrogen-bond donors (Lipinski definition) is 2. The third kappa shape index (κ3) is 16.9. The zero-order chi connectivity index (χ0) is 20.8. The summed E-state index contributed by atoms with van der Waals surface area (Å²) >= 11 is 0. The van der Waals surface area contributed by atoms with Gasteiger partial charge in [-0.25, -0.2) is 0 Å². The normalized spacial score (nSPS) is 12.0. The molecule has 0 aliphatic rings. The number of hydrogen-bond acceptors (Lipinski definition) is 5. The Labute approximate surface area is 177 Å². The molecule has 0 spiro atoms. The lowest BCUT2D eigenvalue weighted by Gasteiger charge is -2.28. The maximum absolute atomic E-state index is 5.89. The molecule has 2 N–H and O–H groups in total. The maximum atomic E-state index is 5.89. The van der Waals surface area contributed by atoms with E-state index in [1.807, 2.05) is 20.8 Å². The predicted octanol–water partition coefficient (Wildman–Crippen LogP) is 5.13. The van der Waals surface area contributed by atoms with Crippen molar-refractivity contribution in [2.75, 3.05) is 46.0 Å². The van der Waals surface area contributed by atoms with Gasteiger partial charge in [0.25, 0.3) is 0 Å². The Hall–Kier alpha value is 0.0169. The molecule has 0 aromatic heterocycles. The van der Waals surface area contributed by atoms with E-state index in [9.17, 15) is 0 Å². The summed E-state index contributed by atoms with van der Waals surface area (Å²) in [7, 11) is -2.46. The van der Waals surface area contributed by atoms with Crippen LogP contribution in [0.4, 0.5) is 0 Å². The topological polar surface area (TPSA) is 51.8 Å². The third-order valence-corrected chi connectivity index (χ3v) is 8.02. The highest BCUT2D eigenvalue weighted by molar-refractivity contribution is 6.60. The molecule has 0 aliphatic carbocycles. The minimum absolute atomic E-state index is 0.655. The van der Waals surface area contributed by atoms with E-state index in [1.54, 1.807) is 0 Å². The summed E-state index contributed by atoms with van der Waals surface area (Å²) in [4.78, 5) is 0. The molecular formula is C22H50N2O3Si. The van der Waals surface area contributed by atoms with Crippen molar-refractivity contribution in [1.29, 1.82) is 0 Å². The first-order valence-corrected chi connectivity index (χ1v) is 14.0. The van der Waals surface area contributed by atoms with Gasteiger partial charge in [-0.05, 0) is 46.7 Å². The van der Waals surface area contributed by atoms with Crippen LogP contribution in [0.5, 0.6) is 0 Å². The van der Waals surface area contributed by atoms with Gasteiger partial charge in [-0.2, -0.15) is 0 Å². The highest BCUT2D eigenvalue weighted by Crippen LogP contribution is 2.17. The zero-order valence-corrected chi connectivity index (χ0v) is 20.5. The van der Waals surface area contributed by atoms with Crippen molar-refractivity contribution < 1.29 is 13.3 Å². The second kappa shape index (κ2) is 21.7.